The topological polar surface area (TPSA) is 106 Å². The van der Waals surface area contributed by atoms with Crippen LogP contribution in [0, 0.1) is 6.92 Å². The Morgan fingerprint density at radius 1 is 1.53 bits per heavy atom. The molecular formula is C12H15N5O2. The quantitative estimate of drug-likeness (QED) is 0.758. The van der Waals surface area contributed by atoms with E-state index in [1.807, 2.05) is 14.0 Å². The van der Waals surface area contributed by atoms with Crippen molar-refractivity contribution in [1.82, 2.24) is 14.8 Å². The second kappa shape index (κ2) is 4.97. The number of carbonyl (C=O) groups is 1. The van der Waals surface area contributed by atoms with Crippen LogP contribution in [-0.2, 0) is 13.6 Å². The van der Waals surface area contributed by atoms with Gasteiger partial charge in [-0.2, -0.15) is 5.10 Å². The van der Waals surface area contributed by atoms with Crippen LogP contribution in [0.3, 0.4) is 0 Å². The van der Waals surface area contributed by atoms with E-state index in [1.165, 1.54) is 12.3 Å². The van der Waals surface area contributed by atoms with E-state index in [2.05, 4.69) is 15.4 Å². The smallest absolute Gasteiger partial charge is 0.339 e. The standard InChI is InChI=1S/C12H15N5O2/c1-7-8(5-16-17(7)2)4-14-11-10(12(18)19)3-9(13)6-15-11/h3,5-6H,4,13H2,1-2H3,(H,14,15)(H,18,19). The molecule has 0 aromatic carbocycles. The van der Waals surface area contributed by atoms with Crippen LogP contribution in [0.25, 0.3) is 0 Å². The van der Waals surface area contributed by atoms with Crippen LogP contribution in [-0.4, -0.2) is 25.8 Å². The lowest BCUT2D eigenvalue weighted by molar-refractivity contribution is 0.0697. The van der Waals surface area contributed by atoms with Crippen molar-refractivity contribution in [2.24, 2.45) is 7.05 Å². The summed E-state index contributed by atoms with van der Waals surface area (Å²) in [6, 6.07) is 1.38. The average molecular weight is 261 g/mol. The third-order valence-corrected chi connectivity index (χ3v) is 2.92. The number of hydrogen-bond acceptors (Lipinski definition) is 5. The van der Waals surface area contributed by atoms with E-state index < -0.39 is 5.97 Å². The number of carboxylic acid groups (broad SMARTS) is 1. The van der Waals surface area contributed by atoms with Gasteiger partial charge in [0, 0.05) is 24.8 Å². The molecular weight excluding hydrogens is 246 g/mol. The number of pyridine rings is 1. The van der Waals surface area contributed by atoms with Gasteiger partial charge in [0.25, 0.3) is 0 Å². The van der Waals surface area contributed by atoms with Crippen molar-refractivity contribution in [2.45, 2.75) is 13.5 Å². The number of carboxylic acids is 1. The number of nitrogens with two attached hydrogens (primary N) is 1. The third kappa shape index (κ3) is 2.65. The van der Waals surface area contributed by atoms with E-state index >= 15 is 0 Å². The lowest BCUT2D eigenvalue weighted by atomic mass is 10.2. The van der Waals surface area contributed by atoms with Crippen molar-refractivity contribution < 1.29 is 9.90 Å². The maximum absolute atomic E-state index is 11.1. The Morgan fingerprint density at radius 3 is 2.84 bits per heavy atom. The molecule has 4 N–H and O–H groups in total. The Labute approximate surface area is 110 Å². The summed E-state index contributed by atoms with van der Waals surface area (Å²) in [6.07, 6.45) is 3.16. The van der Waals surface area contributed by atoms with E-state index in [9.17, 15) is 4.79 Å². The van der Waals surface area contributed by atoms with Crippen molar-refractivity contribution in [3.05, 3.63) is 35.3 Å². The van der Waals surface area contributed by atoms with E-state index in [4.69, 9.17) is 10.8 Å². The summed E-state index contributed by atoms with van der Waals surface area (Å²) in [4.78, 5) is 15.1. The Hall–Kier alpha value is -2.57. The molecule has 19 heavy (non-hydrogen) atoms. The fourth-order valence-corrected chi connectivity index (χ4v) is 1.68. The van der Waals surface area contributed by atoms with Gasteiger partial charge in [-0.05, 0) is 13.0 Å². The number of nitrogens with one attached hydrogen (secondary N) is 1. The molecule has 0 aliphatic carbocycles. The molecule has 0 saturated heterocycles. The molecule has 0 radical (unpaired) electrons. The van der Waals surface area contributed by atoms with Gasteiger partial charge in [-0.3, -0.25) is 4.68 Å². The normalized spacial score (nSPS) is 10.4. The highest BCUT2D eigenvalue weighted by Crippen LogP contribution is 2.17. The highest BCUT2D eigenvalue weighted by molar-refractivity contribution is 5.94. The Balaban J connectivity index is 2.20. The molecule has 0 fully saturated rings. The maximum atomic E-state index is 11.1. The molecule has 7 heteroatoms. The van der Waals surface area contributed by atoms with Crippen molar-refractivity contribution in [3.8, 4) is 0 Å². The second-order valence-electron chi connectivity index (χ2n) is 4.20. The van der Waals surface area contributed by atoms with E-state index in [0.717, 1.165) is 11.3 Å². The minimum Gasteiger partial charge on any atom is -0.478 e. The van der Waals surface area contributed by atoms with Gasteiger partial charge < -0.3 is 16.2 Å². The number of nitrogen functional groups attached to an aromatic ring is 1. The molecule has 0 bridgehead atoms. The van der Waals surface area contributed by atoms with Crippen LogP contribution in [0.4, 0.5) is 11.5 Å². The van der Waals surface area contributed by atoms with Crippen molar-refractivity contribution in [2.75, 3.05) is 11.1 Å². The molecule has 2 heterocycles. The highest BCUT2D eigenvalue weighted by Gasteiger charge is 2.12. The first-order valence-corrected chi connectivity index (χ1v) is 5.69. The number of hydrogen-bond donors (Lipinski definition) is 3. The van der Waals surface area contributed by atoms with E-state index in [1.54, 1.807) is 10.9 Å². The average Bonchev–Trinajstić information content (AvgIpc) is 2.68. The van der Waals surface area contributed by atoms with Crippen molar-refractivity contribution in [1.29, 1.82) is 0 Å². The zero-order chi connectivity index (χ0) is 14.0. The number of anilines is 2. The first kappa shape index (κ1) is 12.9. The predicted molar refractivity (Wildman–Crippen MR) is 70.9 cm³/mol. The number of rotatable bonds is 4. The Morgan fingerprint density at radius 2 is 2.26 bits per heavy atom. The Kier molecular flexibility index (Phi) is 3.37. The zero-order valence-electron chi connectivity index (χ0n) is 10.7. The Bertz CT molecular complexity index is 621. The molecule has 0 spiro atoms. The summed E-state index contributed by atoms with van der Waals surface area (Å²) in [5, 5.41) is 16.2. The number of aromatic carboxylic acids is 1. The van der Waals surface area contributed by atoms with Crippen molar-refractivity contribution >= 4 is 17.5 Å². The molecule has 2 rings (SSSR count). The lowest BCUT2D eigenvalue weighted by Crippen LogP contribution is -2.09. The van der Waals surface area contributed by atoms with Crippen LogP contribution in [0.5, 0.6) is 0 Å². The monoisotopic (exact) mass is 261 g/mol. The van der Waals surface area contributed by atoms with Crippen molar-refractivity contribution in [3.63, 3.8) is 0 Å². The van der Waals surface area contributed by atoms with E-state index in [-0.39, 0.29) is 5.56 Å². The number of nitrogens with zero attached hydrogens (tertiary/aromatic N) is 3. The highest BCUT2D eigenvalue weighted by atomic mass is 16.4. The lowest BCUT2D eigenvalue weighted by Gasteiger charge is -2.08. The molecule has 2 aromatic heterocycles. The van der Waals surface area contributed by atoms with Gasteiger partial charge in [-0.25, -0.2) is 9.78 Å². The summed E-state index contributed by atoms with van der Waals surface area (Å²) in [7, 11) is 1.85. The molecule has 0 saturated carbocycles. The van der Waals surface area contributed by atoms with E-state index in [0.29, 0.717) is 18.1 Å². The van der Waals surface area contributed by atoms with Crippen LogP contribution < -0.4 is 11.1 Å². The van der Waals surface area contributed by atoms with Gasteiger partial charge in [-0.15, -0.1) is 0 Å². The fraction of sp³-hybridized carbons (Fsp3) is 0.250. The first-order valence-electron chi connectivity index (χ1n) is 5.69. The zero-order valence-corrected chi connectivity index (χ0v) is 10.7. The minimum atomic E-state index is -1.06. The van der Waals surface area contributed by atoms with Gasteiger partial charge in [0.2, 0.25) is 0 Å². The molecule has 7 nitrogen and oxygen atoms in total. The molecule has 0 amide bonds. The van der Waals surface area contributed by atoms with Crippen LogP contribution in [0.1, 0.15) is 21.6 Å². The first-order chi connectivity index (χ1) is 8.99. The van der Waals surface area contributed by atoms with Gasteiger partial charge in [0.05, 0.1) is 18.1 Å². The number of aryl methyl sites for hydroxylation is 1. The molecule has 2 aromatic rings. The van der Waals surface area contributed by atoms with Crippen LogP contribution in [0.2, 0.25) is 0 Å². The maximum Gasteiger partial charge on any atom is 0.339 e. The summed E-state index contributed by atoms with van der Waals surface area (Å²) >= 11 is 0. The van der Waals surface area contributed by atoms with Gasteiger partial charge >= 0.3 is 5.97 Å². The number of aromatic nitrogens is 3. The molecule has 0 unspecified atom stereocenters. The fourth-order valence-electron chi connectivity index (χ4n) is 1.68. The van der Waals surface area contributed by atoms with Gasteiger partial charge in [0.1, 0.15) is 11.4 Å². The largest absolute Gasteiger partial charge is 0.478 e. The summed E-state index contributed by atoms with van der Waals surface area (Å²) in [6.45, 7) is 2.40. The van der Waals surface area contributed by atoms with Gasteiger partial charge in [0.15, 0.2) is 0 Å². The minimum absolute atomic E-state index is 0.0570. The predicted octanol–water partition coefficient (Wildman–Crippen LogP) is 1.02. The summed E-state index contributed by atoms with van der Waals surface area (Å²) in [5.74, 6) is -0.768. The van der Waals surface area contributed by atoms with Gasteiger partial charge in [-0.1, -0.05) is 0 Å². The summed E-state index contributed by atoms with van der Waals surface area (Å²) in [5.41, 5.74) is 7.91. The second-order valence-corrected chi connectivity index (χ2v) is 4.20. The molecule has 100 valence electrons. The molecule has 0 atom stereocenters. The van der Waals surface area contributed by atoms with Crippen LogP contribution in [0.15, 0.2) is 18.5 Å². The third-order valence-electron chi connectivity index (χ3n) is 2.92. The summed E-state index contributed by atoms with van der Waals surface area (Å²) < 4.78 is 1.76. The molecule has 0 aliphatic heterocycles. The molecule has 0 aliphatic rings. The SMILES string of the molecule is Cc1c(CNc2ncc(N)cc2C(=O)O)cnn1C. The van der Waals surface area contributed by atoms with Crippen LogP contribution >= 0.6 is 0 Å².